The number of ketones is 2. The Hall–Kier alpha value is -3.81. The Bertz CT molecular complexity index is 1160. The lowest BCUT2D eigenvalue weighted by Crippen LogP contribution is -2.25. The number of ether oxygens (including phenoxy) is 3. The van der Waals surface area contributed by atoms with Crippen LogP contribution in [0.1, 0.15) is 77.9 Å². The molecule has 0 spiro atoms. The fourth-order valence-corrected chi connectivity index (χ4v) is 3.64. The summed E-state index contributed by atoms with van der Waals surface area (Å²) in [7, 11) is 0. The van der Waals surface area contributed by atoms with Crippen LogP contribution in [0, 0.1) is 0 Å². The first kappa shape index (κ1) is 22.9. The summed E-state index contributed by atoms with van der Waals surface area (Å²) >= 11 is 0. The van der Waals surface area contributed by atoms with E-state index >= 15 is 0 Å². The molecule has 166 valence electrons. The van der Waals surface area contributed by atoms with Crippen LogP contribution < -0.4 is 14.2 Å². The number of carbonyl (C=O) groups is 5. The van der Waals surface area contributed by atoms with Gasteiger partial charge in [0.05, 0.1) is 5.56 Å². The maximum atomic E-state index is 13.5. The summed E-state index contributed by atoms with van der Waals surface area (Å²) in [6.45, 7) is 5.56. The molecule has 2 aromatic rings. The first-order valence-corrected chi connectivity index (χ1v) is 10.1. The Balaban J connectivity index is 2.26. The number of aryl methyl sites for hydroxylation is 1. The molecule has 0 atom stereocenters. The largest absolute Gasteiger partial charge is 0.427 e. The summed E-state index contributed by atoms with van der Waals surface area (Å²) in [5, 5.41) is 0. The highest BCUT2D eigenvalue weighted by Gasteiger charge is 2.36. The maximum Gasteiger partial charge on any atom is 0.308 e. The standard InChI is InChI=1S/C24H22O8/c1-5-6-7-15-8-16(30-12(2)25)9-18-21(15)24(29)22-19(23(18)28)10-17(31-13(3)26)11-20(22)32-14(4)27/h8-11H,5-7H2,1-4H3. The van der Waals surface area contributed by atoms with Gasteiger partial charge in [-0.15, -0.1) is 0 Å². The van der Waals surface area contributed by atoms with Gasteiger partial charge in [0.15, 0.2) is 11.6 Å². The van der Waals surface area contributed by atoms with Crippen LogP contribution in [0.3, 0.4) is 0 Å². The molecule has 0 saturated heterocycles. The van der Waals surface area contributed by atoms with Crippen LogP contribution in [0.5, 0.6) is 17.2 Å². The topological polar surface area (TPSA) is 113 Å². The average Bonchev–Trinajstić information content (AvgIpc) is 2.68. The number of fused-ring (bicyclic) bond motifs is 2. The highest BCUT2D eigenvalue weighted by atomic mass is 16.5. The van der Waals surface area contributed by atoms with E-state index in [-0.39, 0.29) is 39.5 Å². The van der Waals surface area contributed by atoms with E-state index in [0.29, 0.717) is 12.0 Å². The van der Waals surface area contributed by atoms with Gasteiger partial charge in [-0.3, -0.25) is 24.0 Å². The Morgan fingerprint density at radius 3 is 1.78 bits per heavy atom. The summed E-state index contributed by atoms with van der Waals surface area (Å²) in [4.78, 5) is 61.5. The van der Waals surface area contributed by atoms with Crippen molar-refractivity contribution in [1.29, 1.82) is 0 Å². The lowest BCUT2D eigenvalue weighted by Gasteiger charge is -2.23. The van der Waals surface area contributed by atoms with E-state index < -0.39 is 29.5 Å². The molecular weight excluding hydrogens is 416 g/mol. The van der Waals surface area contributed by atoms with Crippen LogP contribution in [0.4, 0.5) is 0 Å². The molecule has 0 N–H and O–H groups in total. The Morgan fingerprint density at radius 1 is 0.719 bits per heavy atom. The van der Waals surface area contributed by atoms with Crippen molar-refractivity contribution in [2.45, 2.75) is 47.0 Å². The molecule has 8 heteroatoms. The summed E-state index contributed by atoms with van der Waals surface area (Å²) in [6, 6.07) is 5.41. The van der Waals surface area contributed by atoms with Crippen LogP contribution in [-0.2, 0) is 20.8 Å². The molecule has 0 aliphatic heterocycles. The molecule has 3 rings (SSSR count). The normalized spacial score (nSPS) is 12.0. The van der Waals surface area contributed by atoms with E-state index in [4.69, 9.17) is 14.2 Å². The smallest absolute Gasteiger partial charge is 0.308 e. The van der Waals surface area contributed by atoms with Crippen LogP contribution in [-0.4, -0.2) is 29.5 Å². The average molecular weight is 438 g/mol. The highest BCUT2D eigenvalue weighted by Crippen LogP contribution is 2.39. The second-order valence-electron chi connectivity index (χ2n) is 7.39. The predicted octanol–water partition coefficient (Wildman–Crippen LogP) is 3.58. The molecule has 0 amide bonds. The summed E-state index contributed by atoms with van der Waals surface area (Å²) in [5.41, 5.74) is 0.662. The minimum atomic E-state index is -0.699. The van der Waals surface area contributed by atoms with Crippen LogP contribution >= 0.6 is 0 Å². The molecule has 0 saturated carbocycles. The highest BCUT2D eigenvalue weighted by molar-refractivity contribution is 6.30. The first-order chi connectivity index (χ1) is 15.1. The van der Waals surface area contributed by atoms with Crippen molar-refractivity contribution in [3.05, 3.63) is 52.1 Å². The lowest BCUT2D eigenvalue weighted by molar-refractivity contribution is -0.133. The minimum Gasteiger partial charge on any atom is -0.427 e. The number of unbranched alkanes of at least 4 members (excludes halogenated alkanes) is 1. The third kappa shape index (κ3) is 4.59. The van der Waals surface area contributed by atoms with E-state index in [1.165, 1.54) is 32.0 Å². The quantitative estimate of drug-likeness (QED) is 0.424. The van der Waals surface area contributed by atoms with Gasteiger partial charge in [0.2, 0.25) is 0 Å². The van der Waals surface area contributed by atoms with E-state index in [0.717, 1.165) is 19.8 Å². The van der Waals surface area contributed by atoms with Crippen LogP contribution in [0.2, 0.25) is 0 Å². The van der Waals surface area contributed by atoms with E-state index in [9.17, 15) is 24.0 Å². The molecule has 2 aromatic carbocycles. The molecule has 0 bridgehead atoms. The minimum absolute atomic E-state index is 0.0422. The van der Waals surface area contributed by atoms with Crippen molar-refractivity contribution in [3.8, 4) is 17.2 Å². The van der Waals surface area contributed by atoms with Gasteiger partial charge in [0, 0.05) is 43.5 Å². The predicted molar refractivity (Wildman–Crippen MR) is 112 cm³/mol. The van der Waals surface area contributed by atoms with Gasteiger partial charge in [-0.05, 0) is 36.6 Å². The van der Waals surface area contributed by atoms with Gasteiger partial charge in [0.25, 0.3) is 0 Å². The number of rotatable bonds is 6. The molecule has 0 aromatic heterocycles. The Morgan fingerprint density at radius 2 is 1.25 bits per heavy atom. The van der Waals surface area contributed by atoms with Gasteiger partial charge in [-0.2, -0.15) is 0 Å². The third-order valence-corrected chi connectivity index (χ3v) is 4.79. The van der Waals surface area contributed by atoms with Gasteiger partial charge in [0.1, 0.15) is 17.2 Å². The summed E-state index contributed by atoms with van der Waals surface area (Å²) in [5.74, 6) is -2.99. The zero-order chi connectivity index (χ0) is 23.6. The molecule has 8 nitrogen and oxygen atoms in total. The molecular formula is C24H22O8. The molecule has 0 radical (unpaired) electrons. The first-order valence-electron chi connectivity index (χ1n) is 10.1. The fourth-order valence-electron chi connectivity index (χ4n) is 3.64. The van der Waals surface area contributed by atoms with E-state index in [1.54, 1.807) is 6.07 Å². The van der Waals surface area contributed by atoms with Gasteiger partial charge in [-0.25, -0.2) is 0 Å². The van der Waals surface area contributed by atoms with Crippen LogP contribution in [0.25, 0.3) is 0 Å². The van der Waals surface area contributed by atoms with Gasteiger partial charge in [-0.1, -0.05) is 13.3 Å². The van der Waals surface area contributed by atoms with Crippen molar-refractivity contribution < 1.29 is 38.2 Å². The molecule has 0 fully saturated rings. The van der Waals surface area contributed by atoms with Gasteiger partial charge >= 0.3 is 17.9 Å². The second kappa shape index (κ2) is 9.13. The molecule has 1 aliphatic carbocycles. The molecule has 0 heterocycles. The number of esters is 3. The SMILES string of the molecule is CCCCc1cc(OC(C)=O)cc2c1C(=O)c1c(OC(C)=O)cc(OC(C)=O)cc1C2=O. The van der Waals surface area contributed by atoms with Crippen molar-refractivity contribution in [2.75, 3.05) is 0 Å². The van der Waals surface area contributed by atoms with Gasteiger partial charge < -0.3 is 14.2 Å². The fraction of sp³-hybridized carbons (Fsp3) is 0.292. The number of hydrogen-bond donors (Lipinski definition) is 0. The van der Waals surface area contributed by atoms with E-state index in [2.05, 4.69) is 0 Å². The lowest BCUT2D eigenvalue weighted by atomic mass is 9.80. The second-order valence-corrected chi connectivity index (χ2v) is 7.39. The van der Waals surface area contributed by atoms with Crippen molar-refractivity contribution >= 4 is 29.5 Å². The monoisotopic (exact) mass is 438 g/mol. The maximum absolute atomic E-state index is 13.5. The number of carbonyl (C=O) groups excluding carboxylic acids is 5. The number of hydrogen-bond acceptors (Lipinski definition) is 8. The van der Waals surface area contributed by atoms with E-state index in [1.807, 2.05) is 6.92 Å². The molecule has 0 unspecified atom stereocenters. The van der Waals surface area contributed by atoms with Crippen molar-refractivity contribution in [1.82, 2.24) is 0 Å². The summed E-state index contributed by atoms with van der Waals surface area (Å²) in [6.07, 6.45) is 2.07. The number of benzene rings is 2. The van der Waals surface area contributed by atoms with Crippen LogP contribution in [0.15, 0.2) is 24.3 Å². The van der Waals surface area contributed by atoms with Crippen molar-refractivity contribution in [2.24, 2.45) is 0 Å². The zero-order valence-corrected chi connectivity index (χ0v) is 18.2. The Labute approximate surface area is 184 Å². The third-order valence-electron chi connectivity index (χ3n) is 4.79. The van der Waals surface area contributed by atoms with Crippen molar-refractivity contribution in [3.63, 3.8) is 0 Å². The Kier molecular flexibility index (Phi) is 6.53. The molecule has 32 heavy (non-hydrogen) atoms. The molecule has 1 aliphatic rings. The zero-order valence-electron chi connectivity index (χ0n) is 18.2. The summed E-state index contributed by atoms with van der Waals surface area (Å²) < 4.78 is 15.4.